The van der Waals surface area contributed by atoms with Crippen molar-refractivity contribution < 1.29 is 4.39 Å². The third kappa shape index (κ3) is 3.43. The van der Waals surface area contributed by atoms with Gasteiger partial charge in [0.25, 0.3) is 0 Å². The van der Waals surface area contributed by atoms with Gasteiger partial charge in [0, 0.05) is 12.1 Å². The Kier molecular flexibility index (Phi) is 3.55. The quantitative estimate of drug-likeness (QED) is 0.768. The molecule has 1 N–H and O–H groups in total. The average Bonchev–Trinajstić information content (AvgIpc) is 2.14. The molecule has 0 bridgehead atoms. The van der Waals surface area contributed by atoms with Crippen LogP contribution < -0.4 is 5.32 Å². The van der Waals surface area contributed by atoms with E-state index in [1.165, 1.54) is 25.7 Å². The first-order valence-electron chi connectivity index (χ1n) is 7.21. The van der Waals surface area contributed by atoms with Crippen LogP contribution in [-0.2, 0) is 0 Å². The standard InChI is InChI=1S/C15H28FN/c1-14(2,3)11-5-7-12(8-6-11)17-13-9-15(4,16)10-13/h11-13,17H,5-10H2,1-4H3. The molecule has 0 aromatic carbocycles. The van der Waals surface area contributed by atoms with E-state index in [-0.39, 0.29) is 0 Å². The summed E-state index contributed by atoms with van der Waals surface area (Å²) in [6.45, 7) is 8.78. The van der Waals surface area contributed by atoms with E-state index in [0.29, 0.717) is 30.3 Å². The van der Waals surface area contributed by atoms with Gasteiger partial charge in [0.15, 0.2) is 0 Å². The molecule has 0 heterocycles. The minimum absolute atomic E-state index is 0.446. The minimum Gasteiger partial charge on any atom is -0.311 e. The van der Waals surface area contributed by atoms with Gasteiger partial charge in [-0.05, 0) is 56.8 Å². The van der Waals surface area contributed by atoms with Crippen LogP contribution in [0.3, 0.4) is 0 Å². The van der Waals surface area contributed by atoms with Crippen molar-refractivity contribution in [3.63, 3.8) is 0 Å². The van der Waals surface area contributed by atoms with Crippen molar-refractivity contribution in [2.45, 2.75) is 84.0 Å². The van der Waals surface area contributed by atoms with Crippen LogP contribution in [0.25, 0.3) is 0 Å². The molecule has 0 unspecified atom stereocenters. The normalized spacial score (nSPS) is 43.2. The molecular weight excluding hydrogens is 213 g/mol. The molecule has 2 aliphatic carbocycles. The SMILES string of the molecule is CC1(F)CC(NC2CCC(C(C)(C)C)CC2)C1. The Morgan fingerprint density at radius 2 is 1.53 bits per heavy atom. The van der Waals surface area contributed by atoms with E-state index in [1.54, 1.807) is 6.92 Å². The summed E-state index contributed by atoms with van der Waals surface area (Å²) in [4.78, 5) is 0. The first-order valence-corrected chi connectivity index (χ1v) is 7.21. The maximum atomic E-state index is 13.4. The minimum atomic E-state index is -0.889. The van der Waals surface area contributed by atoms with Gasteiger partial charge in [-0.1, -0.05) is 20.8 Å². The molecule has 0 spiro atoms. The number of hydrogen-bond acceptors (Lipinski definition) is 1. The van der Waals surface area contributed by atoms with E-state index in [9.17, 15) is 4.39 Å². The lowest BCUT2D eigenvalue weighted by Crippen LogP contribution is -2.53. The largest absolute Gasteiger partial charge is 0.311 e. The maximum Gasteiger partial charge on any atom is 0.111 e. The van der Waals surface area contributed by atoms with Gasteiger partial charge >= 0.3 is 0 Å². The Morgan fingerprint density at radius 3 is 1.94 bits per heavy atom. The van der Waals surface area contributed by atoms with Crippen LogP contribution >= 0.6 is 0 Å². The van der Waals surface area contributed by atoms with E-state index in [2.05, 4.69) is 26.1 Å². The number of nitrogens with one attached hydrogen (secondary N) is 1. The lowest BCUT2D eigenvalue weighted by Gasteiger charge is -2.43. The lowest BCUT2D eigenvalue weighted by molar-refractivity contribution is 0.0368. The molecule has 2 heteroatoms. The Balaban J connectivity index is 1.70. The van der Waals surface area contributed by atoms with Crippen molar-refractivity contribution in [3.8, 4) is 0 Å². The van der Waals surface area contributed by atoms with Crippen LogP contribution in [0.15, 0.2) is 0 Å². The number of alkyl halides is 1. The van der Waals surface area contributed by atoms with Crippen LogP contribution in [0, 0.1) is 11.3 Å². The third-order valence-electron chi connectivity index (χ3n) is 4.77. The van der Waals surface area contributed by atoms with Crippen molar-refractivity contribution in [2.75, 3.05) is 0 Å². The average molecular weight is 241 g/mol. The van der Waals surface area contributed by atoms with E-state index in [0.717, 1.165) is 5.92 Å². The second kappa shape index (κ2) is 4.53. The molecule has 0 aromatic heterocycles. The Hall–Kier alpha value is -0.110. The highest BCUT2D eigenvalue weighted by Gasteiger charge is 2.41. The molecule has 0 amide bonds. The fraction of sp³-hybridized carbons (Fsp3) is 1.00. The first kappa shape index (κ1) is 13.3. The highest BCUT2D eigenvalue weighted by atomic mass is 19.1. The van der Waals surface area contributed by atoms with E-state index >= 15 is 0 Å². The highest BCUT2D eigenvalue weighted by Crippen LogP contribution is 2.40. The monoisotopic (exact) mass is 241 g/mol. The molecule has 2 aliphatic rings. The maximum absolute atomic E-state index is 13.4. The molecule has 0 aromatic rings. The Morgan fingerprint density at radius 1 is 1.00 bits per heavy atom. The summed E-state index contributed by atoms with van der Waals surface area (Å²) >= 11 is 0. The summed E-state index contributed by atoms with van der Waals surface area (Å²) in [5.74, 6) is 0.869. The zero-order valence-electron chi connectivity index (χ0n) is 11.9. The van der Waals surface area contributed by atoms with Crippen LogP contribution in [0.1, 0.15) is 66.2 Å². The van der Waals surface area contributed by atoms with Crippen molar-refractivity contribution in [1.29, 1.82) is 0 Å². The van der Waals surface area contributed by atoms with Crippen molar-refractivity contribution in [3.05, 3.63) is 0 Å². The molecule has 2 saturated carbocycles. The zero-order chi connectivity index (χ0) is 12.7. The summed E-state index contributed by atoms with van der Waals surface area (Å²) in [5.41, 5.74) is -0.431. The zero-order valence-corrected chi connectivity index (χ0v) is 11.9. The Labute approximate surface area is 106 Å². The van der Waals surface area contributed by atoms with Crippen molar-refractivity contribution >= 4 is 0 Å². The molecule has 100 valence electrons. The number of rotatable bonds is 2. The summed E-state index contributed by atoms with van der Waals surface area (Å²) < 4.78 is 13.4. The van der Waals surface area contributed by atoms with E-state index in [4.69, 9.17) is 0 Å². The molecule has 0 aliphatic heterocycles. The summed E-state index contributed by atoms with van der Waals surface area (Å²) in [7, 11) is 0. The predicted molar refractivity (Wildman–Crippen MR) is 70.9 cm³/mol. The number of hydrogen-bond donors (Lipinski definition) is 1. The molecule has 0 atom stereocenters. The van der Waals surface area contributed by atoms with Crippen molar-refractivity contribution in [2.24, 2.45) is 11.3 Å². The van der Waals surface area contributed by atoms with Gasteiger partial charge in [-0.15, -0.1) is 0 Å². The molecule has 17 heavy (non-hydrogen) atoms. The van der Waals surface area contributed by atoms with Gasteiger partial charge in [0.1, 0.15) is 5.67 Å². The summed E-state index contributed by atoms with van der Waals surface area (Å²) in [6.07, 6.45) is 6.66. The third-order valence-corrected chi connectivity index (χ3v) is 4.77. The fourth-order valence-corrected chi connectivity index (χ4v) is 3.55. The topological polar surface area (TPSA) is 12.0 Å². The fourth-order valence-electron chi connectivity index (χ4n) is 3.55. The molecule has 2 fully saturated rings. The van der Waals surface area contributed by atoms with Gasteiger partial charge in [-0.3, -0.25) is 0 Å². The van der Waals surface area contributed by atoms with Gasteiger partial charge in [0.2, 0.25) is 0 Å². The summed E-state index contributed by atoms with van der Waals surface area (Å²) in [6, 6.07) is 1.09. The first-order chi connectivity index (χ1) is 7.76. The van der Waals surface area contributed by atoms with Gasteiger partial charge in [-0.2, -0.15) is 0 Å². The van der Waals surface area contributed by atoms with Crippen LogP contribution in [0.4, 0.5) is 4.39 Å². The molecule has 1 nitrogen and oxygen atoms in total. The van der Waals surface area contributed by atoms with E-state index < -0.39 is 5.67 Å². The summed E-state index contributed by atoms with van der Waals surface area (Å²) in [5, 5.41) is 3.64. The Bertz CT molecular complexity index is 251. The second-order valence-electron chi connectivity index (χ2n) is 7.60. The van der Waals surface area contributed by atoms with Gasteiger partial charge < -0.3 is 5.32 Å². The van der Waals surface area contributed by atoms with Crippen molar-refractivity contribution in [1.82, 2.24) is 5.32 Å². The van der Waals surface area contributed by atoms with Gasteiger partial charge in [-0.25, -0.2) is 4.39 Å². The van der Waals surface area contributed by atoms with Gasteiger partial charge in [0.05, 0.1) is 0 Å². The smallest absolute Gasteiger partial charge is 0.111 e. The molecule has 2 rings (SSSR count). The van der Waals surface area contributed by atoms with Crippen LogP contribution in [0.5, 0.6) is 0 Å². The van der Waals surface area contributed by atoms with Crippen LogP contribution in [-0.4, -0.2) is 17.8 Å². The van der Waals surface area contributed by atoms with Crippen LogP contribution in [0.2, 0.25) is 0 Å². The highest BCUT2D eigenvalue weighted by molar-refractivity contribution is 4.97. The lowest BCUT2D eigenvalue weighted by atomic mass is 9.70. The molecule has 0 saturated heterocycles. The molecule has 0 radical (unpaired) electrons. The second-order valence-corrected chi connectivity index (χ2v) is 7.60. The van der Waals surface area contributed by atoms with E-state index in [1.807, 2.05) is 0 Å². The predicted octanol–water partition coefficient (Wildman–Crippen LogP) is 4.07. The molecular formula is C15H28FN. The number of halogens is 1.